The smallest absolute Gasteiger partial charge is 0.0413 e. The van der Waals surface area contributed by atoms with Gasteiger partial charge < -0.3 is 0 Å². The molecular formula is C12H10BrN. The molecule has 0 atom stereocenters. The molecule has 0 radical (unpaired) electrons. The van der Waals surface area contributed by atoms with Crippen LogP contribution in [0.4, 0.5) is 0 Å². The summed E-state index contributed by atoms with van der Waals surface area (Å²) in [6.45, 7) is 0. The normalized spacial score (nSPS) is 10.1. The molecule has 0 saturated carbocycles. The van der Waals surface area contributed by atoms with E-state index in [1.165, 1.54) is 11.1 Å². The minimum Gasteiger partial charge on any atom is -0.264 e. The number of rotatable bonds is 2. The van der Waals surface area contributed by atoms with Gasteiger partial charge in [0.15, 0.2) is 0 Å². The van der Waals surface area contributed by atoms with E-state index in [0.717, 1.165) is 10.9 Å². The van der Waals surface area contributed by atoms with Gasteiger partial charge in [-0.25, -0.2) is 0 Å². The van der Waals surface area contributed by atoms with Gasteiger partial charge in [-0.15, -0.1) is 0 Å². The molecule has 14 heavy (non-hydrogen) atoms. The molecule has 0 N–H and O–H groups in total. The average molecular weight is 248 g/mol. The van der Waals surface area contributed by atoms with Gasteiger partial charge in [0, 0.05) is 16.9 Å². The first-order valence-corrected chi connectivity index (χ1v) is 5.28. The van der Waals surface area contributed by atoms with Crippen molar-refractivity contribution in [2.45, 2.75) is 6.42 Å². The standard InChI is InChI=1S/C12H10BrN/c13-12-9-14-7-6-11(12)8-10-4-2-1-3-5-10/h1-7,9H,8H2. The average Bonchev–Trinajstić information content (AvgIpc) is 2.23. The maximum absolute atomic E-state index is 4.04. The first-order chi connectivity index (χ1) is 6.86. The van der Waals surface area contributed by atoms with E-state index in [4.69, 9.17) is 0 Å². The van der Waals surface area contributed by atoms with E-state index in [2.05, 4.69) is 45.2 Å². The molecule has 0 spiro atoms. The van der Waals surface area contributed by atoms with Crippen LogP contribution >= 0.6 is 15.9 Å². The van der Waals surface area contributed by atoms with Crippen molar-refractivity contribution in [1.29, 1.82) is 0 Å². The number of hydrogen-bond donors (Lipinski definition) is 0. The van der Waals surface area contributed by atoms with Crippen LogP contribution in [-0.4, -0.2) is 4.98 Å². The van der Waals surface area contributed by atoms with Gasteiger partial charge in [0.1, 0.15) is 0 Å². The summed E-state index contributed by atoms with van der Waals surface area (Å²) in [5.74, 6) is 0. The van der Waals surface area contributed by atoms with Crippen LogP contribution in [0.25, 0.3) is 0 Å². The Bertz CT molecular complexity index is 412. The van der Waals surface area contributed by atoms with Crippen LogP contribution in [0.3, 0.4) is 0 Å². The van der Waals surface area contributed by atoms with E-state index in [1.807, 2.05) is 24.5 Å². The molecule has 0 unspecified atom stereocenters. The Hall–Kier alpha value is -1.15. The van der Waals surface area contributed by atoms with Crippen molar-refractivity contribution in [3.05, 3.63) is 64.4 Å². The Morgan fingerprint density at radius 1 is 1.07 bits per heavy atom. The van der Waals surface area contributed by atoms with Crippen molar-refractivity contribution < 1.29 is 0 Å². The third-order valence-electron chi connectivity index (χ3n) is 2.09. The summed E-state index contributed by atoms with van der Waals surface area (Å²) >= 11 is 3.49. The highest BCUT2D eigenvalue weighted by molar-refractivity contribution is 9.10. The summed E-state index contributed by atoms with van der Waals surface area (Å²) in [5, 5.41) is 0. The van der Waals surface area contributed by atoms with Crippen LogP contribution in [0.5, 0.6) is 0 Å². The molecule has 0 fully saturated rings. The quantitative estimate of drug-likeness (QED) is 0.793. The summed E-state index contributed by atoms with van der Waals surface area (Å²) in [4.78, 5) is 4.04. The number of nitrogens with zero attached hydrogens (tertiary/aromatic N) is 1. The Morgan fingerprint density at radius 3 is 2.57 bits per heavy atom. The third kappa shape index (κ3) is 2.20. The molecule has 1 nitrogen and oxygen atoms in total. The van der Waals surface area contributed by atoms with E-state index in [9.17, 15) is 0 Å². The van der Waals surface area contributed by atoms with E-state index < -0.39 is 0 Å². The lowest BCUT2D eigenvalue weighted by molar-refractivity contribution is 1.14. The molecule has 70 valence electrons. The topological polar surface area (TPSA) is 12.9 Å². The van der Waals surface area contributed by atoms with E-state index >= 15 is 0 Å². The van der Waals surface area contributed by atoms with Gasteiger partial charge >= 0.3 is 0 Å². The van der Waals surface area contributed by atoms with Gasteiger partial charge in [-0.3, -0.25) is 4.98 Å². The molecule has 0 amide bonds. The third-order valence-corrected chi connectivity index (χ3v) is 2.81. The molecule has 2 aromatic rings. The maximum atomic E-state index is 4.04. The molecule has 0 bridgehead atoms. The van der Waals surface area contributed by atoms with Crippen molar-refractivity contribution in [2.75, 3.05) is 0 Å². The van der Waals surface area contributed by atoms with Crippen LogP contribution in [0.2, 0.25) is 0 Å². The van der Waals surface area contributed by atoms with E-state index in [0.29, 0.717) is 0 Å². The zero-order chi connectivity index (χ0) is 9.80. The highest BCUT2D eigenvalue weighted by atomic mass is 79.9. The van der Waals surface area contributed by atoms with Gasteiger partial charge in [0.05, 0.1) is 0 Å². The summed E-state index contributed by atoms with van der Waals surface area (Å²) in [5.41, 5.74) is 2.59. The van der Waals surface area contributed by atoms with Gasteiger partial charge in [-0.1, -0.05) is 30.3 Å². The predicted octanol–water partition coefficient (Wildman–Crippen LogP) is 3.43. The molecule has 0 aliphatic heterocycles. The van der Waals surface area contributed by atoms with Crippen molar-refractivity contribution in [3.8, 4) is 0 Å². The predicted molar refractivity (Wildman–Crippen MR) is 61.2 cm³/mol. The molecular weight excluding hydrogens is 238 g/mol. The second-order valence-electron chi connectivity index (χ2n) is 3.13. The highest BCUT2D eigenvalue weighted by Crippen LogP contribution is 2.17. The number of benzene rings is 1. The van der Waals surface area contributed by atoms with Crippen LogP contribution in [0, 0.1) is 0 Å². The Morgan fingerprint density at radius 2 is 1.86 bits per heavy atom. The Balaban J connectivity index is 2.24. The lowest BCUT2D eigenvalue weighted by atomic mass is 10.1. The lowest BCUT2D eigenvalue weighted by Gasteiger charge is -2.03. The van der Waals surface area contributed by atoms with E-state index in [-0.39, 0.29) is 0 Å². The molecule has 1 heterocycles. The monoisotopic (exact) mass is 247 g/mol. The number of aromatic nitrogens is 1. The molecule has 2 rings (SSSR count). The molecule has 2 heteroatoms. The summed E-state index contributed by atoms with van der Waals surface area (Å²) in [6, 6.07) is 12.5. The van der Waals surface area contributed by atoms with Crippen LogP contribution in [-0.2, 0) is 6.42 Å². The largest absolute Gasteiger partial charge is 0.264 e. The van der Waals surface area contributed by atoms with Gasteiger partial charge in [-0.2, -0.15) is 0 Å². The second-order valence-corrected chi connectivity index (χ2v) is 3.98. The van der Waals surface area contributed by atoms with Crippen molar-refractivity contribution in [1.82, 2.24) is 4.98 Å². The summed E-state index contributed by atoms with van der Waals surface area (Å²) < 4.78 is 1.07. The molecule has 0 saturated heterocycles. The number of hydrogen-bond acceptors (Lipinski definition) is 1. The van der Waals surface area contributed by atoms with Crippen molar-refractivity contribution in [3.63, 3.8) is 0 Å². The van der Waals surface area contributed by atoms with Gasteiger partial charge in [-0.05, 0) is 39.5 Å². The van der Waals surface area contributed by atoms with Crippen molar-refractivity contribution in [2.24, 2.45) is 0 Å². The minimum absolute atomic E-state index is 0.948. The zero-order valence-corrected chi connectivity index (χ0v) is 9.24. The van der Waals surface area contributed by atoms with E-state index in [1.54, 1.807) is 0 Å². The Labute approximate surface area is 91.9 Å². The fourth-order valence-electron chi connectivity index (χ4n) is 1.36. The first kappa shape index (κ1) is 9.41. The zero-order valence-electron chi connectivity index (χ0n) is 7.65. The molecule has 0 aliphatic carbocycles. The molecule has 0 aliphatic rings. The molecule has 1 aromatic carbocycles. The SMILES string of the molecule is Brc1cnccc1Cc1ccccc1. The molecule has 1 aromatic heterocycles. The van der Waals surface area contributed by atoms with Gasteiger partial charge in [0.25, 0.3) is 0 Å². The maximum Gasteiger partial charge on any atom is 0.0413 e. The fraction of sp³-hybridized carbons (Fsp3) is 0.0833. The summed E-state index contributed by atoms with van der Waals surface area (Å²) in [6.07, 6.45) is 4.60. The second kappa shape index (κ2) is 4.38. The lowest BCUT2D eigenvalue weighted by Crippen LogP contribution is -1.89. The summed E-state index contributed by atoms with van der Waals surface area (Å²) in [7, 11) is 0. The van der Waals surface area contributed by atoms with Crippen LogP contribution in [0.1, 0.15) is 11.1 Å². The van der Waals surface area contributed by atoms with Crippen molar-refractivity contribution >= 4 is 15.9 Å². The highest BCUT2D eigenvalue weighted by Gasteiger charge is 1.99. The van der Waals surface area contributed by atoms with Gasteiger partial charge in [0.2, 0.25) is 0 Å². The number of pyridine rings is 1. The fourth-order valence-corrected chi connectivity index (χ4v) is 1.75. The van der Waals surface area contributed by atoms with Crippen LogP contribution in [0.15, 0.2) is 53.3 Å². The number of halogens is 1. The van der Waals surface area contributed by atoms with Crippen LogP contribution < -0.4 is 0 Å². The Kier molecular flexibility index (Phi) is 2.94. The first-order valence-electron chi connectivity index (χ1n) is 4.48. The minimum atomic E-state index is 0.948.